The van der Waals surface area contributed by atoms with Crippen LogP contribution in [0.3, 0.4) is 0 Å². The summed E-state index contributed by atoms with van der Waals surface area (Å²) in [5.74, 6) is -0.637. The Morgan fingerprint density at radius 1 is 1.04 bits per heavy atom. The van der Waals surface area contributed by atoms with E-state index in [2.05, 4.69) is 0 Å². The molecular formula is C20H21NO4. The average Bonchev–Trinajstić information content (AvgIpc) is 2.65. The number of carbonyl (C=O) groups excluding carboxylic acids is 2. The van der Waals surface area contributed by atoms with E-state index < -0.39 is 11.9 Å². The number of carbonyl (C=O) groups is 2. The molecule has 0 bridgehead atoms. The van der Waals surface area contributed by atoms with Crippen molar-refractivity contribution in [3.63, 3.8) is 0 Å². The van der Waals surface area contributed by atoms with E-state index in [4.69, 9.17) is 9.47 Å². The van der Waals surface area contributed by atoms with Gasteiger partial charge < -0.3 is 14.4 Å². The van der Waals surface area contributed by atoms with Crippen LogP contribution in [-0.2, 0) is 9.59 Å². The molecule has 1 aliphatic heterocycles. The summed E-state index contributed by atoms with van der Waals surface area (Å²) in [6.07, 6.45) is 0.731. The highest BCUT2D eigenvalue weighted by Gasteiger charge is 2.42. The molecule has 0 N–H and O–H groups in total. The number of methoxy groups -OCH3 is 1. The first-order chi connectivity index (χ1) is 12.1. The molecule has 5 heteroatoms. The van der Waals surface area contributed by atoms with Crippen LogP contribution in [0.2, 0.25) is 0 Å². The number of esters is 1. The molecular weight excluding hydrogens is 318 g/mol. The van der Waals surface area contributed by atoms with E-state index in [-0.39, 0.29) is 11.8 Å². The maximum absolute atomic E-state index is 12.8. The van der Waals surface area contributed by atoms with Crippen LogP contribution in [0.4, 0.5) is 0 Å². The summed E-state index contributed by atoms with van der Waals surface area (Å²) in [6, 6.07) is 16.4. The van der Waals surface area contributed by atoms with Crippen molar-refractivity contribution >= 4 is 11.9 Å². The van der Waals surface area contributed by atoms with Gasteiger partial charge in [-0.1, -0.05) is 30.3 Å². The SMILES string of the molecule is COc1ccc(OC(=O)C2C(=O)N(C)CCC2c2ccccc2)cc1. The summed E-state index contributed by atoms with van der Waals surface area (Å²) >= 11 is 0. The Kier molecular flexibility index (Phi) is 5.03. The lowest BCUT2D eigenvalue weighted by molar-refractivity contribution is -0.152. The molecule has 1 amide bonds. The van der Waals surface area contributed by atoms with Crippen LogP contribution in [-0.4, -0.2) is 37.5 Å². The van der Waals surface area contributed by atoms with Crippen LogP contribution >= 0.6 is 0 Å². The number of amides is 1. The van der Waals surface area contributed by atoms with Crippen molar-refractivity contribution in [1.29, 1.82) is 0 Å². The number of piperidine rings is 1. The van der Waals surface area contributed by atoms with Gasteiger partial charge in [-0.3, -0.25) is 9.59 Å². The molecule has 0 aromatic heterocycles. The van der Waals surface area contributed by atoms with E-state index in [0.717, 1.165) is 12.0 Å². The molecule has 0 radical (unpaired) electrons. The molecule has 2 aromatic rings. The molecule has 2 aromatic carbocycles. The van der Waals surface area contributed by atoms with Gasteiger partial charge in [0, 0.05) is 19.5 Å². The molecule has 130 valence electrons. The highest BCUT2D eigenvalue weighted by atomic mass is 16.5. The summed E-state index contributed by atoms with van der Waals surface area (Å²) in [5.41, 5.74) is 0.987. The molecule has 0 saturated carbocycles. The second kappa shape index (κ2) is 7.38. The van der Waals surface area contributed by atoms with Gasteiger partial charge in [-0.15, -0.1) is 0 Å². The Morgan fingerprint density at radius 3 is 2.32 bits per heavy atom. The monoisotopic (exact) mass is 339 g/mol. The molecule has 0 spiro atoms. The smallest absolute Gasteiger partial charge is 0.324 e. The summed E-state index contributed by atoms with van der Waals surface area (Å²) in [7, 11) is 3.29. The normalized spacial score (nSPS) is 20.2. The second-order valence-electron chi connectivity index (χ2n) is 6.14. The van der Waals surface area contributed by atoms with Crippen LogP contribution < -0.4 is 9.47 Å². The minimum Gasteiger partial charge on any atom is -0.497 e. The first-order valence-corrected chi connectivity index (χ1v) is 8.26. The van der Waals surface area contributed by atoms with Gasteiger partial charge in [0.1, 0.15) is 17.4 Å². The van der Waals surface area contributed by atoms with Crippen molar-refractivity contribution in [2.45, 2.75) is 12.3 Å². The fourth-order valence-electron chi connectivity index (χ4n) is 3.17. The topological polar surface area (TPSA) is 55.8 Å². The summed E-state index contributed by atoms with van der Waals surface area (Å²) in [5, 5.41) is 0. The van der Waals surface area contributed by atoms with Crippen LogP contribution in [0.25, 0.3) is 0 Å². The zero-order chi connectivity index (χ0) is 17.8. The number of rotatable bonds is 4. The van der Waals surface area contributed by atoms with Crippen molar-refractivity contribution < 1.29 is 19.1 Å². The van der Waals surface area contributed by atoms with Gasteiger partial charge in [0.25, 0.3) is 0 Å². The average molecular weight is 339 g/mol. The molecule has 1 saturated heterocycles. The number of ether oxygens (including phenoxy) is 2. The van der Waals surface area contributed by atoms with Gasteiger partial charge in [0.2, 0.25) is 5.91 Å². The van der Waals surface area contributed by atoms with Gasteiger partial charge in [0.05, 0.1) is 7.11 Å². The minimum atomic E-state index is -0.830. The van der Waals surface area contributed by atoms with E-state index >= 15 is 0 Å². The zero-order valence-corrected chi connectivity index (χ0v) is 14.3. The Bertz CT molecular complexity index is 742. The van der Waals surface area contributed by atoms with Crippen LogP contribution in [0.1, 0.15) is 17.9 Å². The Balaban J connectivity index is 1.83. The second-order valence-corrected chi connectivity index (χ2v) is 6.14. The Hall–Kier alpha value is -2.82. The summed E-state index contributed by atoms with van der Waals surface area (Å²) in [4.78, 5) is 27.0. The lowest BCUT2D eigenvalue weighted by Crippen LogP contribution is -2.47. The molecule has 2 unspecified atom stereocenters. The molecule has 1 fully saturated rings. The highest BCUT2D eigenvalue weighted by Crippen LogP contribution is 2.34. The molecule has 1 aliphatic rings. The maximum Gasteiger partial charge on any atom is 0.324 e. The van der Waals surface area contributed by atoms with Gasteiger partial charge >= 0.3 is 5.97 Å². The van der Waals surface area contributed by atoms with Gasteiger partial charge in [-0.25, -0.2) is 0 Å². The van der Waals surface area contributed by atoms with E-state index in [0.29, 0.717) is 18.0 Å². The number of nitrogens with zero attached hydrogens (tertiary/aromatic N) is 1. The third-order valence-corrected chi connectivity index (χ3v) is 4.58. The molecule has 3 rings (SSSR count). The lowest BCUT2D eigenvalue weighted by Gasteiger charge is -2.34. The van der Waals surface area contributed by atoms with Gasteiger partial charge in [-0.05, 0) is 36.2 Å². The largest absolute Gasteiger partial charge is 0.497 e. The van der Waals surface area contributed by atoms with Crippen molar-refractivity contribution in [3.05, 3.63) is 60.2 Å². The molecule has 1 heterocycles. The minimum absolute atomic E-state index is 0.171. The van der Waals surface area contributed by atoms with Gasteiger partial charge in [-0.2, -0.15) is 0 Å². The predicted molar refractivity (Wildman–Crippen MR) is 93.6 cm³/mol. The van der Waals surface area contributed by atoms with Crippen LogP contribution in [0.5, 0.6) is 11.5 Å². The number of hydrogen-bond donors (Lipinski definition) is 0. The van der Waals surface area contributed by atoms with E-state index in [9.17, 15) is 9.59 Å². The van der Waals surface area contributed by atoms with E-state index in [1.807, 2.05) is 30.3 Å². The quantitative estimate of drug-likeness (QED) is 0.488. The number of likely N-dealkylation sites (tertiary alicyclic amines) is 1. The first-order valence-electron chi connectivity index (χ1n) is 8.26. The molecule has 5 nitrogen and oxygen atoms in total. The molecule has 25 heavy (non-hydrogen) atoms. The van der Waals surface area contributed by atoms with Crippen LogP contribution in [0.15, 0.2) is 54.6 Å². The fourth-order valence-corrected chi connectivity index (χ4v) is 3.17. The molecule has 2 atom stereocenters. The summed E-state index contributed by atoms with van der Waals surface area (Å²) < 4.78 is 10.6. The van der Waals surface area contributed by atoms with Crippen molar-refractivity contribution in [3.8, 4) is 11.5 Å². The van der Waals surface area contributed by atoms with Crippen molar-refractivity contribution in [1.82, 2.24) is 4.90 Å². The van der Waals surface area contributed by atoms with Crippen molar-refractivity contribution in [2.75, 3.05) is 20.7 Å². The third-order valence-electron chi connectivity index (χ3n) is 4.58. The molecule has 0 aliphatic carbocycles. The Labute approximate surface area is 147 Å². The predicted octanol–water partition coefficient (Wildman–Crippen LogP) is 2.86. The van der Waals surface area contributed by atoms with Crippen LogP contribution in [0, 0.1) is 5.92 Å². The number of hydrogen-bond acceptors (Lipinski definition) is 4. The summed E-state index contributed by atoms with van der Waals surface area (Å²) in [6.45, 7) is 0.630. The van der Waals surface area contributed by atoms with Gasteiger partial charge in [0.15, 0.2) is 0 Å². The van der Waals surface area contributed by atoms with E-state index in [1.165, 1.54) is 0 Å². The zero-order valence-electron chi connectivity index (χ0n) is 14.3. The standard InChI is InChI=1S/C20H21NO4/c1-21-13-12-17(14-6-4-3-5-7-14)18(19(21)22)20(23)25-16-10-8-15(24-2)9-11-16/h3-11,17-18H,12-13H2,1-2H3. The third kappa shape index (κ3) is 3.65. The maximum atomic E-state index is 12.8. The fraction of sp³-hybridized carbons (Fsp3) is 0.300. The first kappa shape index (κ1) is 17.0. The van der Waals surface area contributed by atoms with Crippen molar-refractivity contribution in [2.24, 2.45) is 5.92 Å². The Morgan fingerprint density at radius 2 is 1.68 bits per heavy atom. The highest BCUT2D eigenvalue weighted by molar-refractivity contribution is 6.00. The lowest BCUT2D eigenvalue weighted by atomic mass is 9.80. The number of benzene rings is 2. The van der Waals surface area contributed by atoms with E-state index in [1.54, 1.807) is 43.3 Å².